The Labute approximate surface area is 219 Å². The second-order valence-electron chi connectivity index (χ2n) is 8.10. The van der Waals surface area contributed by atoms with E-state index < -0.39 is 22.5 Å². The lowest BCUT2D eigenvalue weighted by molar-refractivity contribution is -0.119. The summed E-state index contributed by atoms with van der Waals surface area (Å²) in [4.78, 5) is 12.9. The zero-order valence-electron chi connectivity index (χ0n) is 19.8. The van der Waals surface area contributed by atoms with Gasteiger partial charge in [-0.05, 0) is 62.4 Å². The number of rotatable bonds is 8. The van der Waals surface area contributed by atoms with Crippen LogP contribution in [0.5, 0.6) is 0 Å². The van der Waals surface area contributed by atoms with Crippen LogP contribution in [-0.2, 0) is 14.8 Å². The Hall–Kier alpha value is -3.69. The Morgan fingerprint density at radius 1 is 0.972 bits per heavy atom. The van der Waals surface area contributed by atoms with Crippen molar-refractivity contribution in [3.05, 3.63) is 112 Å². The molecule has 1 aromatic heterocycles. The van der Waals surface area contributed by atoms with Crippen molar-refractivity contribution in [2.24, 2.45) is 5.10 Å². The first-order valence-electron chi connectivity index (χ1n) is 11.2. The van der Waals surface area contributed by atoms with Gasteiger partial charge in [0.2, 0.25) is 0 Å². The predicted octanol–water partition coefficient (Wildman–Crippen LogP) is 5.20. The number of hydrogen-bond acceptors (Lipinski definition) is 4. The Bertz CT molecular complexity index is 1500. The molecule has 1 heterocycles. The normalized spacial score (nSPS) is 11.5. The van der Waals surface area contributed by atoms with Gasteiger partial charge in [-0.25, -0.2) is 13.8 Å². The van der Waals surface area contributed by atoms with Gasteiger partial charge in [0.1, 0.15) is 6.54 Å². The number of carbonyl (C=O) groups is 1. The fourth-order valence-electron chi connectivity index (χ4n) is 3.90. The Balaban J connectivity index is 1.54. The molecule has 4 aromatic rings. The molecule has 0 aliphatic heterocycles. The minimum atomic E-state index is -3.99. The summed E-state index contributed by atoms with van der Waals surface area (Å²) >= 11 is 3.37. The number of hydrazone groups is 1. The lowest BCUT2D eigenvalue weighted by Gasteiger charge is -2.23. The van der Waals surface area contributed by atoms with Gasteiger partial charge in [-0.1, -0.05) is 58.4 Å². The smallest absolute Gasteiger partial charge is 0.264 e. The largest absolute Gasteiger partial charge is 0.318 e. The predicted molar refractivity (Wildman–Crippen MR) is 146 cm³/mol. The third-order valence-electron chi connectivity index (χ3n) is 5.59. The van der Waals surface area contributed by atoms with E-state index in [2.05, 4.69) is 31.0 Å². The first kappa shape index (κ1) is 25.4. The molecule has 0 unspecified atom stereocenters. The molecule has 0 radical (unpaired) electrons. The summed E-state index contributed by atoms with van der Waals surface area (Å²) in [5, 5.41) is 4.10. The first-order valence-corrected chi connectivity index (χ1v) is 13.4. The fraction of sp³-hybridized carbons (Fsp3) is 0.111. The van der Waals surface area contributed by atoms with Gasteiger partial charge in [-0.3, -0.25) is 9.10 Å². The molecule has 4 rings (SSSR count). The van der Waals surface area contributed by atoms with Crippen LogP contribution in [0.25, 0.3) is 5.69 Å². The van der Waals surface area contributed by atoms with Crippen molar-refractivity contribution in [3.8, 4) is 5.69 Å². The highest BCUT2D eigenvalue weighted by atomic mass is 79.9. The summed E-state index contributed by atoms with van der Waals surface area (Å²) in [6.45, 7) is 3.54. The van der Waals surface area contributed by atoms with E-state index in [1.807, 2.05) is 50.2 Å². The van der Waals surface area contributed by atoms with Crippen LogP contribution in [0.1, 0.15) is 17.0 Å². The van der Waals surface area contributed by atoms with Gasteiger partial charge in [0.15, 0.2) is 0 Å². The minimum Gasteiger partial charge on any atom is -0.318 e. The van der Waals surface area contributed by atoms with Crippen LogP contribution in [0.15, 0.2) is 105 Å². The molecule has 9 heteroatoms. The summed E-state index contributed by atoms with van der Waals surface area (Å²) in [6.07, 6.45) is 1.56. The van der Waals surface area contributed by atoms with Crippen molar-refractivity contribution >= 4 is 43.8 Å². The van der Waals surface area contributed by atoms with Crippen molar-refractivity contribution in [3.63, 3.8) is 0 Å². The maximum Gasteiger partial charge on any atom is 0.264 e. The maximum absolute atomic E-state index is 13.4. The van der Waals surface area contributed by atoms with E-state index in [4.69, 9.17) is 0 Å². The summed E-state index contributed by atoms with van der Waals surface area (Å²) in [5.74, 6) is -0.567. The number of nitrogens with zero attached hydrogens (tertiary/aromatic N) is 3. The number of aryl methyl sites for hydroxylation is 1. The highest BCUT2D eigenvalue weighted by Crippen LogP contribution is 2.26. The molecule has 36 heavy (non-hydrogen) atoms. The second kappa shape index (κ2) is 10.9. The maximum atomic E-state index is 13.4. The van der Waals surface area contributed by atoms with Crippen molar-refractivity contribution in [2.75, 3.05) is 10.8 Å². The van der Waals surface area contributed by atoms with Crippen molar-refractivity contribution in [1.82, 2.24) is 9.99 Å². The van der Waals surface area contributed by atoms with Crippen molar-refractivity contribution in [1.29, 1.82) is 0 Å². The molecule has 0 atom stereocenters. The van der Waals surface area contributed by atoms with Gasteiger partial charge in [-0.2, -0.15) is 5.10 Å². The van der Waals surface area contributed by atoms with Crippen molar-refractivity contribution in [2.45, 2.75) is 18.7 Å². The van der Waals surface area contributed by atoms with Gasteiger partial charge in [-0.15, -0.1) is 0 Å². The number of halogens is 1. The van der Waals surface area contributed by atoms with Crippen LogP contribution in [-0.4, -0.2) is 31.7 Å². The van der Waals surface area contributed by atoms with Crippen LogP contribution < -0.4 is 9.73 Å². The number of carbonyl (C=O) groups excluding carboxylic acids is 1. The van der Waals surface area contributed by atoms with E-state index >= 15 is 0 Å². The van der Waals surface area contributed by atoms with Gasteiger partial charge >= 0.3 is 0 Å². The van der Waals surface area contributed by atoms with E-state index in [0.717, 1.165) is 26.9 Å². The Morgan fingerprint density at radius 3 is 2.31 bits per heavy atom. The molecule has 0 fully saturated rings. The average molecular weight is 565 g/mol. The Morgan fingerprint density at radius 2 is 1.64 bits per heavy atom. The lowest BCUT2D eigenvalue weighted by Crippen LogP contribution is -2.39. The molecule has 0 bridgehead atoms. The summed E-state index contributed by atoms with van der Waals surface area (Å²) in [5.41, 5.74) is 6.71. The highest BCUT2D eigenvalue weighted by Gasteiger charge is 2.27. The van der Waals surface area contributed by atoms with E-state index in [1.54, 1.807) is 48.7 Å². The number of nitrogens with one attached hydrogen (secondary N) is 1. The number of amides is 1. The molecule has 0 saturated carbocycles. The monoisotopic (exact) mass is 564 g/mol. The molecular formula is C27H25BrN4O3S. The van der Waals surface area contributed by atoms with Crippen LogP contribution >= 0.6 is 15.9 Å². The number of anilines is 1. The molecule has 0 spiro atoms. The quantitative estimate of drug-likeness (QED) is 0.236. The third-order valence-corrected chi connectivity index (χ3v) is 7.87. The number of hydrogen-bond donors (Lipinski definition) is 1. The number of benzene rings is 3. The first-order chi connectivity index (χ1) is 17.3. The highest BCUT2D eigenvalue weighted by molar-refractivity contribution is 9.10. The zero-order chi connectivity index (χ0) is 25.7. The van der Waals surface area contributed by atoms with E-state index in [1.165, 1.54) is 12.1 Å². The lowest BCUT2D eigenvalue weighted by atomic mass is 10.2. The standard InChI is InChI=1S/C27H25BrN4O3S/c1-20-16-22(21(2)32(20)24-11-5-3-6-12-24)18-29-30-27(33)19-31(25-13-9-10-23(28)17-25)36(34,35)26-14-7-4-8-15-26/h3-18H,19H2,1-2H3,(H,30,33)/b29-18-. The zero-order valence-corrected chi connectivity index (χ0v) is 22.2. The second-order valence-corrected chi connectivity index (χ2v) is 10.9. The molecule has 184 valence electrons. The van der Waals surface area contributed by atoms with Crippen LogP contribution in [0.4, 0.5) is 5.69 Å². The fourth-order valence-corrected chi connectivity index (χ4v) is 5.72. The van der Waals surface area contributed by atoms with Crippen molar-refractivity contribution < 1.29 is 13.2 Å². The molecule has 3 aromatic carbocycles. The van der Waals surface area contributed by atoms with Crippen LogP contribution in [0, 0.1) is 13.8 Å². The topological polar surface area (TPSA) is 83.8 Å². The number of para-hydroxylation sites is 1. The molecular weight excluding hydrogens is 540 g/mol. The molecule has 1 N–H and O–H groups in total. The SMILES string of the molecule is Cc1cc(/C=N\NC(=O)CN(c2cccc(Br)c2)S(=O)(=O)c2ccccc2)c(C)n1-c1ccccc1. The molecule has 0 aliphatic rings. The summed E-state index contributed by atoms with van der Waals surface area (Å²) in [6, 6.07) is 26.7. The molecule has 1 amide bonds. The summed E-state index contributed by atoms with van der Waals surface area (Å²) < 4.78 is 30.6. The number of aromatic nitrogens is 1. The Kier molecular flexibility index (Phi) is 7.71. The van der Waals surface area contributed by atoms with Gasteiger partial charge in [0.25, 0.3) is 15.9 Å². The average Bonchev–Trinajstić information content (AvgIpc) is 3.16. The van der Waals surface area contributed by atoms with E-state index in [9.17, 15) is 13.2 Å². The molecule has 0 saturated heterocycles. The van der Waals surface area contributed by atoms with Gasteiger partial charge in [0.05, 0.1) is 16.8 Å². The minimum absolute atomic E-state index is 0.0922. The van der Waals surface area contributed by atoms with Crippen LogP contribution in [0.2, 0.25) is 0 Å². The number of sulfonamides is 1. The van der Waals surface area contributed by atoms with Gasteiger partial charge < -0.3 is 4.57 Å². The molecule has 0 aliphatic carbocycles. The van der Waals surface area contributed by atoms with E-state index in [-0.39, 0.29) is 4.90 Å². The molecule has 7 nitrogen and oxygen atoms in total. The van der Waals surface area contributed by atoms with Gasteiger partial charge in [0, 0.05) is 27.1 Å². The third kappa shape index (κ3) is 5.58. The summed E-state index contributed by atoms with van der Waals surface area (Å²) in [7, 11) is -3.99. The van der Waals surface area contributed by atoms with E-state index in [0.29, 0.717) is 10.2 Å². The van der Waals surface area contributed by atoms with Crippen LogP contribution in [0.3, 0.4) is 0 Å².